The van der Waals surface area contributed by atoms with E-state index in [0.717, 1.165) is 25.9 Å². The van der Waals surface area contributed by atoms with Gasteiger partial charge in [-0.15, -0.1) is 0 Å². The van der Waals surface area contributed by atoms with Crippen LogP contribution in [0.2, 0.25) is 0 Å². The summed E-state index contributed by atoms with van der Waals surface area (Å²) in [7, 11) is 0. The second-order valence-electron chi connectivity index (χ2n) is 4.86. The lowest BCUT2D eigenvalue weighted by molar-refractivity contribution is 0.516. The van der Waals surface area contributed by atoms with Gasteiger partial charge in [0, 0.05) is 31.4 Å². The summed E-state index contributed by atoms with van der Waals surface area (Å²) in [6.45, 7) is 6.05. The van der Waals surface area contributed by atoms with Crippen LogP contribution in [0, 0.1) is 5.82 Å². The topological polar surface area (TPSA) is 28.2 Å². The normalized spacial score (nSPS) is 20.2. The summed E-state index contributed by atoms with van der Waals surface area (Å²) in [6.07, 6.45) is 3.87. The second kappa shape index (κ2) is 5.45. The molecule has 1 aromatic rings. The standard InChI is InChI=1S/C13H20FN3/c1-10(2)16-9-11-5-4-8-17(11)13-12(14)6-3-7-15-13/h3,6-7,10-11,16H,4-5,8-9H2,1-2H3. The van der Waals surface area contributed by atoms with E-state index >= 15 is 0 Å². The number of rotatable bonds is 4. The van der Waals surface area contributed by atoms with Gasteiger partial charge in [0.1, 0.15) is 0 Å². The van der Waals surface area contributed by atoms with Crippen LogP contribution in [0.4, 0.5) is 10.2 Å². The third-order valence-electron chi connectivity index (χ3n) is 3.15. The van der Waals surface area contributed by atoms with Crippen molar-refractivity contribution in [2.75, 3.05) is 18.0 Å². The molecule has 1 aliphatic rings. The number of hydrogen-bond donors (Lipinski definition) is 1. The average molecular weight is 237 g/mol. The Morgan fingerprint density at radius 1 is 1.59 bits per heavy atom. The van der Waals surface area contributed by atoms with Crippen molar-refractivity contribution < 1.29 is 4.39 Å². The van der Waals surface area contributed by atoms with Crippen molar-refractivity contribution in [1.29, 1.82) is 0 Å². The van der Waals surface area contributed by atoms with Gasteiger partial charge in [-0.05, 0) is 25.0 Å². The highest BCUT2D eigenvalue weighted by Crippen LogP contribution is 2.25. The second-order valence-corrected chi connectivity index (χ2v) is 4.86. The minimum atomic E-state index is -0.219. The zero-order valence-corrected chi connectivity index (χ0v) is 10.5. The number of nitrogens with zero attached hydrogens (tertiary/aromatic N) is 2. The van der Waals surface area contributed by atoms with Gasteiger partial charge in [-0.25, -0.2) is 9.37 Å². The lowest BCUT2D eigenvalue weighted by atomic mass is 10.2. The van der Waals surface area contributed by atoms with Crippen molar-refractivity contribution in [1.82, 2.24) is 10.3 Å². The summed E-state index contributed by atoms with van der Waals surface area (Å²) < 4.78 is 13.7. The Morgan fingerprint density at radius 2 is 2.41 bits per heavy atom. The first-order valence-corrected chi connectivity index (χ1v) is 6.29. The fraction of sp³-hybridized carbons (Fsp3) is 0.615. The van der Waals surface area contributed by atoms with Crippen LogP contribution in [-0.4, -0.2) is 30.2 Å². The molecule has 1 fully saturated rings. The number of pyridine rings is 1. The van der Waals surface area contributed by atoms with Gasteiger partial charge in [0.05, 0.1) is 0 Å². The number of nitrogens with one attached hydrogen (secondary N) is 1. The summed E-state index contributed by atoms with van der Waals surface area (Å²) in [4.78, 5) is 6.25. The maximum Gasteiger partial charge on any atom is 0.165 e. The van der Waals surface area contributed by atoms with E-state index < -0.39 is 0 Å². The molecule has 94 valence electrons. The third kappa shape index (κ3) is 2.94. The Morgan fingerprint density at radius 3 is 3.12 bits per heavy atom. The van der Waals surface area contributed by atoms with Crippen LogP contribution in [0.3, 0.4) is 0 Å². The molecule has 3 nitrogen and oxygen atoms in total. The zero-order valence-electron chi connectivity index (χ0n) is 10.5. The minimum Gasteiger partial charge on any atom is -0.350 e. The van der Waals surface area contributed by atoms with Crippen molar-refractivity contribution >= 4 is 5.82 Å². The molecule has 1 aromatic heterocycles. The van der Waals surface area contributed by atoms with Crippen LogP contribution in [0.1, 0.15) is 26.7 Å². The SMILES string of the molecule is CC(C)NCC1CCCN1c1ncccc1F. The molecule has 2 rings (SSSR count). The molecule has 1 saturated heterocycles. The summed E-state index contributed by atoms with van der Waals surface area (Å²) >= 11 is 0. The molecule has 0 aromatic carbocycles. The van der Waals surface area contributed by atoms with E-state index in [2.05, 4.69) is 29.0 Å². The highest BCUT2D eigenvalue weighted by atomic mass is 19.1. The predicted molar refractivity (Wildman–Crippen MR) is 67.7 cm³/mol. The number of hydrogen-bond acceptors (Lipinski definition) is 3. The highest BCUT2D eigenvalue weighted by molar-refractivity contribution is 5.42. The van der Waals surface area contributed by atoms with Gasteiger partial charge < -0.3 is 10.2 Å². The Bertz CT molecular complexity index is 367. The molecule has 0 radical (unpaired) electrons. The molecule has 1 aliphatic heterocycles. The molecule has 0 spiro atoms. The summed E-state index contributed by atoms with van der Waals surface area (Å²) in [5.41, 5.74) is 0. The van der Waals surface area contributed by atoms with Crippen LogP contribution >= 0.6 is 0 Å². The van der Waals surface area contributed by atoms with Crippen molar-refractivity contribution in [2.24, 2.45) is 0 Å². The lowest BCUT2D eigenvalue weighted by Crippen LogP contribution is -2.41. The molecule has 0 saturated carbocycles. The van der Waals surface area contributed by atoms with Crippen molar-refractivity contribution in [3.8, 4) is 0 Å². The zero-order chi connectivity index (χ0) is 12.3. The smallest absolute Gasteiger partial charge is 0.165 e. The Balaban J connectivity index is 2.07. The molecule has 0 bridgehead atoms. The van der Waals surface area contributed by atoms with Gasteiger partial charge >= 0.3 is 0 Å². The fourth-order valence-electron chi connectivity index (χ4n) is 2.29. The molecule has 1 unspecified atom stereocenters. The monoisotopic (exact) mass is 237 g/mol. The van der Waals surface area contributed by atoms with Gasteiger partial charge in [-0.1, -0.05) is 13.8 Å². The van der Waals surface area contributed by atoms with E-state index in [4.69, 9.17) is 0 Å². The molecule has 0 aliphatic carbocycles. The fourth-order valence-corrected chi connectivity index (χ4v) is 2.29. The molecule has 1 atom stereocenters. The number of anilines is 1. The van der Waals surface area contributed by atoms with Crippen LogP contribution in [0.15, 0.2) is 18.3 Å². The van der Waals surface area contributed by atoms with E-state index in [0.29, 0.717) is 17.9 Å². The highest BCUT2D eigenvalue weighted by Gasteiger charge is 2.27. The molecule has 4 heteroatoms. The summed E-state index contributed by atoms with van der Waals surface area (Å²) in [6, 6.07) is 3.94. The maximum atomic E-state index is 13.7. The van der Waals surface area contributed by atoms with Crippen molar-refractivity contribution in [2.45, 2.75) is 38.8 Å². The van der Waals surface area contributed by atoms with Crippen LogP contribution < -0.4 is 10.2 Å². The molecular formula is C13H20FN3. The lowest BCUT2D eigenvalue weighted by Gasteiger charge is -2.27. The van der Waals surface area contributed by atoms with E-state index in [-0.39, 0.29) is 5.82 Å². The molecule has 2 heterocycles. The third-order valence-corrected chi connectivity index (χ3v) is 3.15. The first-order valence-electron chi connectivity index (χ1n) is 6.29. The molecule has 0 amide bonds. The van der Waals surface area contributed by atoms with E-state index in [1.807, 2.05) is 0 Å². The van der Waals surface area contributed by atoms with Crippen LogP contribution in [0.25, 0.3) is 0 Å². The quantitative estimate of drug-likeness (QED) is 0.870. The van der Waals surface area contributed by atoms with Crippen LogP contribution in [-0.2, 0) is 0 Å². The largest absolute Gasteiger partial charge is 0.350 e. The average Bonchev–Trinajstić information content (AvgIpc) is 2.75. The van der Waals surface area contributed by atoms with Crippen molar-refractivity contribution in [3.63, 3.8) is 0 Å². The van der Waals surface area contributed by atoms with Crippen LogP contribution in [0.5, 0.6) is 0 Å². The molecular weight excluding hydrogens is 217 g/mol. The first kappa shape index (κ1) is 12.3. The van der Waals surface area contributed by atoms with Crippen molar-refractivity contribution in [3.05, 3.63) is 24.1 Å². The Kier molecular flexibility index (Phi) is 3.94. The summed E-state index contributed by atoms with van der Waals surface area (Å²) in [5, 5.41) is 3.41. The van der Waals surface area contributed by atoms with E-state index in [1.54, 1.807) is 12.3 Å². The summed E-state index contributed by atoms with van der Waals surface area (Å²) in [5.74, 6) is 0.282. The van der Waals surface area contributed by atoms with Gasteiger partial charge in [0.25, 0.3) is 0 Å². The number of halogens is 1. The maximum absolute atomic E-state index is 13.7. The Labute approximate surface area is 102 Å². The van der Waals surface area contributed by atoms with Gasteiger partial charge in [-0.2, -0.15) is 0 Å². The predicted octanol–water partition coefficient (Wildman–Crippen LogP) is 2.19. The Hall–Kier alpha value is -1.16. The molecule has 1 N–H and O–H groups in total. The minimum absolute atomic E-state index is 0.219. The molecule has 17 heavy (non-hydrogen) atoms. The van der Waals surface area contributed by atoms with Gasteiger partial charge in [-0.3, -0.25) is 0 Å². The van der Waals surface area contributed by atoms with Gasteiger partial charge in [0.15, 0.2) is 11.6 Å². The van der Waals surface area contributed by atoms with E-state index in [9.17, 15) is 4.39 Å². The first-order chi connectivity index (χ1) is 8.18. The van der Waals surface area contributed by atoms with E-state index in [1.165, 1.54) is 6.07 Å². The van der Waals surface area contributed by atoms with Gasteiger partial charge in [0.2, 0.25) is 0 Å². The number of aromatic nitrogens is 1.